The summed E-state index contributed by atoms with van der Waals surface area (Å²) in [6, 6.07) is 86.8. The number of rotatable bonds is 4. The van der Waals surface area contributed by atoms with Crippen LogP contribution in [0.3, 0.4) is 0 Å². The highest BCUT2D eigenvalue weighted by atomic mass is 14.3. The van der Waals surface area contributed by atoms with Crippen LogP contribution in [0.15, 0.2) is 231 Å². The Kier molecular flexibility index (Phi) is 7.31. The van der Waals surface area contributed by atoms with Crippen LogP contribution in [-0.2, 0) is 0 Å². The van der Waals surface area contributed by atoms with Crippen LogP contribution < -0.4 is 0 Å². The molecule has 0 saturated carbocycles. The first-order valence-corrected chi connectivity index (χ1v) is 23.1. The molecule has 0 radical (unpaired) electrons. The van der Waals surface area contributed by atoms with Gasteiger partial charge in [-0.3, -0.25) is 0 Å². The normalized spacial score (nSPS) is 12.2. The molecule has 15 aromatic carbocycles. The van der Waals surface area contributed by atoms with Gasteiger partial charge in [0, 0.05) is 0 Å². The summed E-state index contributed by atoms with van der Waals surface area (Å²) in [5.41, 5.74) is 9.93. The van der Waals surface area contributed by atoms with Crippen molar-refractivity contribution >= 4 is 108 Å². The molecule has 66 heavy (non-hydrogen) atoms. The van der Waals surface area contributed by atoms with Crippen LogP contribution in [0.25, 0.3) is 152 Å². The van der Waals surface area contributed by atoms with Gasteiger partial charge in [0.1, 0.15) is 0 Å². The largest absolute Gasteiger partial charge is 0.0622 e. The molecule has 0 unspecified atom stereocenters. The fourth-order valence-electron chi connectivity index (χ4n) is 12.3. The minimum Gasteiger partial charge on any atom is -0.0622 e. The summed E-state index contributed by atoms with van der Waals surface area (Å²) in [5.74, 6) is 0. The standard InChI is InChI=1S/C66H38/c1-2-14-39(15-3-1)43-20-4-5-21-44(43)42-32-33-59-60(38-42)66(58-37-35-56-48-27-11-19-41-17-9-25-46(62(41)48)52-29-13-31-54(58)64(52)56)50-23-7-6-22-49(50)65(59)57-36-34-55-47-26-10-18-40-16-8-24-45(61(40)47)51-28-12-30-53(57)63(51)55/h1-38H. The van der Waals surface area contributed by atoms with E-state index in [4.69, 9.17) is 0 Å². The lowest BCUT2D eigenvalue weighted by molar-refractivity contribution is 1.59. The molecule has 0 atom stereocenters. The van der Waals surface area contributed by atoms with Crippen LogP contribution in [0, 0.1) is 0 Å². The average Bonchev–Trinajstić information content (AvgIpc) is 3.38. The zero-order valence-corrected chi connectivity index (χ0v) is 35.9. The SMILES string of the molecule is c1ccc(-c2ccccc2-c2ccc3c(-c4ccc5c6cccc7cccc(c8cccc4c85)c76)c4ccccc4c(-c4ccc5c6cccc7cccc(c8cccc4c85)c76)c3c2)cc1. The molecule has 0 aromatic heterocycles. The topological polar surface area (TPSA) is 0 Å². The summed E-state index contributed by atoms with van der Waals surface area (Å²) in [5, 5.41) is 25.9. The van der Waals surface area contributed by atoms with Gasteiger partial charge in [0.25, 0.3) is 0 Å². The Morgan fingerprint density at radius 2 is 0.515 bits per heavy atom. The predicted octanol–water partition coefficient (Wildman–Crippen LogP) is 18.8. The van der Waals surface area contributed by atoms with Crippen LogP contribution in [0.5, 0.6) is 0 Å². The quantitative estimate of drug-likeness (QED) is 0.122. The van der Waals surface area contributed by atoms with E-state index < -0.39 is 0 Å². The van der Waals surface area contributed by atoms with Gasteiger partial charge in [0.05, 0.1) is 0 Å². The van der Waals surface area contributed by atoms with Gasteiger partial charge in [-0.15, -0.1) is 0 Å². The lowest BCUT2D eigenvalue weighted by Crippen LogP contribution is -1.95. The molecular weight excluding hydrogens is 793 g/mol. The van der Waals surface area contributed by atoms with Crippen LogP contribution in [-0.4, -0.2) is 0 Å². The van der Waals surface area contributed by atoms with Crippen molar-refractivity contribution in [2.45, 2.75) is 0 Å². The van der Waals surface area contributed by atoms with E-state index in [0.29, 0.717) is 0 Å². The van der Waals surface area contributed by atoms with Gasteiger partial charge in [0.15, 0.2) is 0 Å². The second-order valence-electron chi connectivity index (χ2n) is 18.2. The Hall–Kier alpha value is -8.58. The molecule has 0 fully saturated rings. The number of hydrogen-bond acceptors (Lipinski definition) is 0. The van der Waals surface area contributed by atoms with Gasteiger partial charge in [-0.2, -0.15) is 0 Å². The lowest BCUT2D eigenvalue weighted by Gasteiger charge is -2.22. The van der Waals surface area contributed by atoms with E-state index in [1.165, 1.54) is 152 Å². The fourth-order valence-corrected chi connectivity index (χ4v) is 12.3. The summed E-state index contributed by atoms with van der Waals surface area (Å²) in [4.78, 5) is 0. The molecule has 0 spiro atoms. The number of hydrogen-bond donors (Lipinski definition) is 0. The number of fused-ring (bicyclic) bond motifs is 6. The Bertz CT molecular complexity index is 4400. The minimum absolute atomic E-state index is 1.20. The summed E-state index contributed by atoms with van der Waals surface area (Å²) >= 11 is 0. The van der Waals surface area contributed by atoms with Crippen LogP contribution >= 0.6 is 0 Å². The Morgan fingerprint density at radius 1 is 0.167 bits per heavy atom. The van der Waals surface area contributed by atoms with Crippen molar-refractivity contribution in [3.63, 3.8) is 0 Å². The van der Waals surface area contributed by atoms with Crippen LogP contribution in [0.2, 0.25) is 0 Å². The monoisotopic (exact) mass is 830 g/mol. The van der Waals surface area contributed by atoms with Gasteiger partial charge in [-0.05, 0) is 158 Å². The molecule has 0 aliphatic carbocycles. The van der Waals surface area contributed by atoms with Crippen LogP contribution in [0.4, 0.5) is 0 Å². The third kappa shape index (κ3) is 4.83. The maximum atomic E-state index is 2.50. The van der Waals surface area contributed by atoms with E-state index in [2.05, 4.69) is 231 Å². The van der Waals surface area contributed by atoms with Crippen molar-refractivity contribution in [2.24, 2.45) is 0 Å². The Labute approximate surface area is 380 Å². The first-order valence-electron chi connectivity index (χ1n) is 23.1. The maximum Gasteiger partial charge on any atom is -0.00199 e. The minimum atomic E-state index is 1.20. The van der Waals surface area contributed by atoms with E-state index in [0.717, 1.165) is 0 Å². The van der Waals surface area contributed by atoms with E-state index in [-0.39, 0.29) is 0 Å². The first kappa shape index (κ1) is 35.8. The zero-order chi connectivity index (χ0) is 43.0. The molecule has 15 aromatic rings. The van der Waals surface area contributed by atoms with Gasteiger partial charge in [-0.25, -0.2) is 0 Å². The van der Waals surface area contributed by atoms with Crippen molar-refractivity contribution in [3.05, 3.63) is 231 Å². The third-order valence-electron chi connectivity index (χ3n) is 14.9. The highest BCUT2D eigenvalue weighted by molar-refractivity contribution is 6.37. The van der Waals surface area contributed by atoms with Gasteiger partial charge < -0.3 is 0 Å². The van der Waals surface area contributed by atoms with E-state index in [1.54, 1.807) is 0 Å². The third-order valence-corrected chi connectivity index (χ3v) is 14.9. The summed E-state index contributed by atoms with van der Waals surface area (Å²) in [7, 11) is 0. The molecule has 0 aliphatic heterocycles. The van der Waals surface area contributed by atoms with Crippen molar-refractivity contribution in [1.29, 1.82) is 0 Å². The Balaban J connectivity index is 1.10. The van der Waals surface area contributed by atoms with Crippen molar-refractivity contribution in [3.8, 4) is 44.5 Å². The first-order chi connectivity index (χ1) is 32.8. The van der Waals surface area contributed by atoms with Crippen LogP contribution in [0.1, 0.15) is 0 Å². The zero-order valence-electron chi connectivity index (χ0n) is 35.9. The maximum absolute atomic E-state index is 2.50. The molecule has 0 amide bonds. The molecule has 0 heteroatoms. The lowest BCUT2D eigenvalue weighted by atomic mass is 9.80. The highest BCUT2D eigenvalue weighted by Crippen LogP contribution is 2.51. The highest BCUT2D eigenvalue weighted by Gasteiger charge is 2.24. The molecule has 0 bridgehead atoms. The van der Waals surface area contributed by atoms with Gasteiger partial charge >= 0.3 is 0 Å². The summed E-state index contributed by atoms with van der Waals surface area (Å²) in [6.07, 6.45) is 0. The summed E-state index contributed by atoms with van der Waals surface area (Å²) < 4.78 is 0. The van der Waals surface area contributed by atoms with Crippen molar-refractivity contribution in [1.82, 2.24) is 0 Å². The second kappa shape index (κ2) is 13.5. The fraction of sp³-hybridized carbons (Fsp3) is 0. The molecule has 0 N–H and O–H groups in total. The number of benzene rings is 15. The summed E-state index contributed by atoms with van der Waals surface area (Å²) in [6.45, 7) is 0. The van der Waals surface area contributed by atoms with Crippen molar-refractivity contribution < 1.29 is 0 Å². The molecule has 0 nitrogen and oxygen atoms in total. The second-order valence-corrected chi connectivity index (χ2v) is 18.2. The molecule has 15 rings (SSSR count). The smallest absolute Gasteiger partial charge is 0.00199 e. The molecule has 302 valence electrons. The molecule has 0 saturated heterocycles. The van der Waals surface area contributed by atoms with Gasteiger partial charge in [-0.1, -0.05) is 224 Å². The molecule has 0 aliphatic rings. The van der Waals surface area contributed by atoms with Gasteiger partial charge in [0.2, 0.25) is 0 Å². The Morgan fingerprint density at radius 3 is 1.03 bits per heavy atom. The van der Waals surface area contributed by atoms with Crippen molar-refractivity contribution in [2.75, 3.05) is 0 Å². The van der Waals surface area contributed by atoms with E-state index in [9.17, 15) is 0 Å². The molecular formula is C66H38. The van der Waals surface area contributed by atoms with E-state index in [1.807, 2.05) is 0 Å². The molecule has 0 heterocycles. The average molecular weight is 831 g/mol. The predicted molar refractivity (Wildman–Crippen MR) is 286 cm³/mol. The van der Waals surface area contributed by atoms with E-state index >= 15 is 0 Å².